The molecule has 102 valence electrons. The summed E-state index contributed by atoms with van der Waals surface area (Å²) >= 11 is 7.94. The van der Waals surface area contributed by atoms with Crippen molar-refractivity contribution in [2.75, 3.05) is 5.32 Å². The van der Waals surface area contributed by atoms with Gasteiger partial charge in [-0.1, -0.05) is 29.8 Å². The number of hydrogen-bond acceptors (Lipinski definition) is 3. The van der Waals surface area contributed by atoms with E-state index in [1.807, 2.05) is 24.3 Å². The molecule has 1 atom stereocenters. The van der Waals surface area contributed by atoms with Gasteiger partial charge in [0.15, 0.2) is 5.15 Å². The van der Waals surface area contributed by atoms with E-state index in [1.165, 1.54) is 15.0 Å². The van der Waals surface area contributed by atoms with E-state index in [2.05, 4.69) is 47.6 Å². The molecule has 0 aliphatic carbocycles. The molecule has 1 unspecified atom stereocenters. The average molecular weight is 303 g/mol. The summed E-state index contributed by atoms with van der Waals surface area (Å²) in [5.74, 6) is 0. The summed E-state index contributed by atoms with van der Waals surface area (Å²) in [7, 11) is 0. The highest BCUT2D eigenvalue weighted by molar-refractivity contribution is 7.19. The number of benzene rings is 1. The molecular formula is C16H15ClN2S. The second kappa shape index (κ2) is 5.43. The molecule has 0 fully saturated rings. The summed E-state index contributed by atoms with van der Waals surface area (Å²) in [6.45, 7) is 4.15. The van der Waals surface area contributed by atoms with Crippen LogP contribution in [0.3, 0.4) is 0 Å². The van der Waals surface area contributed by atoms with E-state index in [9.17, 15) is 0 Å². The zero-order valence-electron chi connectivity index (χ0n) is 11.4. The van der Waals surface area contributed by atoms with Crippen LogP contribution < -0.4 is 5.32 Å². The normalized spacial score (nSPS) is 12.6. The lowest BCUT2D eigenvalue weighted by Gasteiger charge is -2.14. The van der Waals surface area contributed by atoms with Crippen molar-refractivity contribution in [3.05, 3.63) is 58.2 Å². The number of nitrogens with one attached hydrogen (secondary N) is 1. The largest absolute Gasteiger partial charge is 0.375 e. The minimum Gasteiger partial charge on any atom is -0.375 e. The summed E-state index contributed by atoms with van der Waals surface area (Å²) in [5.41, 5.74) is 1.98. The van der Waals surface area contributed by atoms with Gasteiger partial charge in [-0.05, 0) is 43.0 Å². The number of rotatable bonds is 3. The van der Waals surface area contributed by atoms with Crippen molar-refractivity contribution >= 4 is 38.7 Å². The maximum absolute atomic E-state index is 6.14. The van der Waals surface area contributed by atoms with Crippen LogP contribution in [-0.2, 0) is 0 Å². The standard InChI is InChI=1S/C16H15ClN2S/c1-10-7-13(16(17)18-9-10)19-11(2)15-8-12-5-3-4-6-14(12)20-15/h3-9,11,19H,1-2H3. The molecule has 3 rings (SSSR count). The number of aryl methyl sites for hydroxylation is 1. The summed E-state index contributed by atoms with van der Waals surface area (Å²) in [4.78, 5) is 5.47. The number of aromatic nitrogens is 1. The van der Waals surface area contributed by atoms with E-state index in [1.54, 1.807) is 6.20 Å². The lowest BCUT2D eigenvalue weighted by Crippen LogP contribution is -2.06. The van der Waals surface area contributed by atoms with Crippen molar-refractivity contribution in [3.8, 4) is 0 Å². The Labute approximate surface area is 127 Å². The molecule has 20 heavy (non-hydrogen) atoms. The molecule has 0 bridgehead atoms. The number of pyridine rings is 1. The zero-order valence-corrected chi connectivity index (χ0v) is 12.9. The first kappa shape index (κ1) is 13.4. The summed E-state index contributed by atoms with van der Waals surface area (Å²) in [6.07, 6.45) is 1.78. The second-order valence-electron chi connectivity index (χ2n) is 4.90. The topological polar surface area (TPSA) is 24.9 Å². The predicted octanol–water partition coefficient (Wildman–Crippen LogP) is 5.43. The Morgan fingerprint density at radius 1 is 1.25 bits per heavy atom. The van der Waals surface area contributed by atoms with Gasteiger partial charge in [0, 0.05) is 15.8 Å². The van der Waals surface area contributed by atoms with Crippen molar-refractivity contribution in [1.29, 1.82) is 0 Å². The lowest BCUT2D eigenvalue weighted by molar-refractivity contribution is 0.906. The molecule has 0 saturated carbocycles. The van der Waals surface area contributed by atoms with Crippen molar-refractivity contribution in [2.24, 2.45) is 0 Å². The summed E-state index contributed by atoms with van der Waals surface area (Å²) in [5, 5.41) is 5.25. The molecule has 1 N–H and O–H groups in total. The van der Waals surface area contributed by atoms with E-state index in [0.717, 1.165) is 11.3 Å². The number of thiophene rings is 1. The molecule has 0 radical (unpaired) electrons. The lowest BCUT2D eigenvalue weighted by atomic mass is 10.2. The fraction of sp³-hybridized carbons (Fsp3) is 0.188. The van der Waals surface area contributed by atoms with Crippen molar-refractivity contribution in [2.45, 2.75) is 19.9 Å². The molecule has 1 aromatic carbocycles. The third kappa shape index (κ3) is 2.65. The molecule has 0 aliphatic rings. The maximum atomic E-state index is 6.14. The molecule has 2 heterocycles. The fourth-order valence-corrected chi connectivity index (χ4v) is 3.40. The van der Waals surface area contributed by atoms with E-state index in [4.69, 9.17) is 11.6 Å². The molecular weight excluding hydrogens is 288 g/mol. The van der Waals surface area contributed by atoms with Crippen molar-refractivity contribution in [3.63, 3.8) is 0 Å². The third-order valence-electron chi connectivity index (χ3n) is 3.22. The van der Waals surface area contributed by atoms with E-state index >= 15 is 0 Å². The zero-order chi connectivity index (χ0) is 14.1. The number of hydrogen-bond donors (Lipinski definition) is 1. The Morgan fingerprint density at radius 2 is 2.05 bits per heavy atom. The maximum Gasteiger partial charge on any atom is 0.152 e. The first-order chi connectivity index (χ1) is 9.63. The van der Waals surface area contributed by atoms with Gasteiger partial charge in [0.2, 0.25) is 0 Å². The van der Waals surface area contributed by atoms with Crippen LogP contribution in [0.25, 0.3) is 10.1 Å². The quantitative estimate of drug-likeness (QED) is 0.652. The SMILES string of the molecule is Cc1cnc(Cl)c(NC(C)c2cc3ccccc3s2)c1. The molecule has 0 saturated heterocycles. The van der Waals surface area contributed by atoms with Crippen LogP contribution in [-0.4, -0.2) is 4.98 Å². The van der Waals surface area contributed by atoms with Gasteiger partial charge >= 0.3 is 0 Å². The molecule has 0 aliphatic heterocycles. The Kier molecular flexibility index (Phi) is 3.64. The first-order valence-electron chi connectivity index (χ1n) is 6.50. The summed E-state index contributed by atoms with van der Waals surface area (Å²) in [6, 6.07) is 12.9. The summed E-state index contributed by atoms with van der Waals surface area (Å²) < 4.78 is 1.31. The van der Waals surface area contributed by atoms with Gasteiger partial charge in [-0.3, -0.25) is 0 Å². The second-order valence-corrected chi connectivity index (χ2v) is 6.38. The third-order valence-corrected chi connectivity index (χ3v) is 4.82. The van der Waals surface area contributed by atoms with Gasteiger partial charge in [0.25, 0.3) is 0 Å². The average Bonchev–Trinajstić information content (AvgIpc) is 2.87. The van der Waals surface area contributed by atoms with Gasteiger partial charge in [0.1, 0.15) is 0 Å². The van der Waals surface area contributed by atoms with Gasteiger partial charge < -0.3 is 5.32 Å². The van der Waals surface area contributed by atoms with Crippen LogP contribution in [0.4, 0.5) is 5.69 Å². The Hall–Kier alpha value is -1.58. The predicted molar refractivity (Wildman–Crippen MR) is 87.8 cm³/mol. The molecule has 2 nitrogen and oxygen atoms in total. The van der Waals surface area contributed by atoms with Crippen LogP contribution >= 0.6 is 22.9 Å². The van der Waals surface area contributed by atoms with E-state index in [-0.39, 0.29) is 6.04 Å². The number of halogens is 1. The van der Waals surface area contributed by atoms with Crippen LogP contribution in [0.15, 0.2) is 42.6 Å². The van der Waals surface area contributed by atoms with Crippen LogP contribution in [0.2, 0.25) is 5.15 Å². The van der Waals surface area contributed by atoms with Gasteiger partial charge in [0.05, 0.1) is 11.7 Å². The minimum absolute atomic E-state index is 0.202. The smallest absolute Gasteiger partial charge is 0.152 e. The molecule has 0 amide bonds. The molecule has 3 aromatic rings. The van der Waals surface area contributed by atoms with E-state index in [0.29, 0.717) is 5.15 Å². The number of anilines is 1. The molecule has 4 heteroatoms. The van der Waals surface area contributed by atoms with Gasteiger partial charge in [-0.25, -0.2) is 4.98 Å². The van der Waals surface area contributed by atoms with Gasteiger partial charge in [-0.15, -0.1) is 11.3 Å². The number of nitrogens with zero attached hydrogens (tertiary/aromatic N) is 1. The van der Waals surface area contributed by atoms with Crippen molar-refractivity contribution in [1.82, 2.24) is 4.98 Å². The van der Waals surface area contributed by atoms with Crippen molar-refractivity contribution < 1.29 is 0 Å². The highest BCUT2D eigenvalue weighted by Crippen LogP contribution is 2.32. The van der Waals surface area contributed by atoms with Crippen LogP contribution in [0.5, 0.6) is 0 Å². The van der Waals surface area contributed by atoms with Crippen LogP contribution in [0, 0.1) is 6.92 Å². The Morgan fingerprint density at radius 3 is 2.85 bits per heavy atom. The van der Waals surface area contributed by atoms with E-state index < -0.39 is 0 Å². The molecule has 0 spiro atoms. The highest BCUT2D eigenvalue weighted by atomic mass is 35.5. The fourth-order valence-electron chi connectivity index (χ4n) is 2.17. The number of fused-ring (bicyclic) bond motifs is 1. The molecule has 2 aromatic heterocycles. The van der Waals surface area contributed by atoms with Crippen LogP contribution in [0.1, 0.15) is 23.4 Å². The Bertz CT molecular complexity index is 718. The minimum atomic E-state index is 0.202. The Balaban J connectivity index is 1.88. The monoisotopic (exact) mass is 302 g/mol. The highest BCUT2D eigenvalue weighted by Gasteiger charge is 2.11. The van der Waals surface area contributed by atoms with Gasteiger partial charge in [-0.2, -0.15) is 0 Å². The first-order valence-corrected chi connectivity index (χ1v) is 7.70.